The molecule has 6 nitrogen and oxygen atoms in total. The van der Waals surface area contributed by atoms with Gasteiger partial charge in [0, 0.05) is 12.2 Å². The van der Waals surface area contributed by atoms with E-state index < -0.39 is 6.43 Å². The highest BCUT2D eigenvalue weighted by Crippen LogP contribution is 2.33. The number of alkyl halides is 2. The standard InChI is InChI=1S/C19H19F2N5O/c1-11-5-7-13(8-6-11)14-4-3-9-25(14)18(27)17-23-19-22-12(2)10-15(16(20)21)26(19)24-17/h5-8,10,14,16H,3-4,9H2,1-2H3. The highest BCUT2D eigenvalue weighted by Gasteiger charge is 2.33. The maximum Gasteiger partial charge on any atom is 0.294 e. The SMILES string of the molecule is Cc1ccc(C2CCCN2C(=O)c2nc3nc(C)cc(C(F)F)n3n2)cc1. The number of hydrogen-bond donors (Lipinski definition) is 0. The Morgan fingerprint density at radius 1 is 1.19 bits per heavy atom. The molecule has 1 atom stereocenters. The molecule has 0 radical (unpaired) electrons. The number of halogens is 2. The fourth-order valence-electron chi connectivity index (χ4n) is 3.53. The number of carbonyl (C=O) groups is 1. The minimum atomic E-state index is -2.73. The molecule has 2 aromatic heterocycles. The van der Waals surface area contributed by atoms with Gasteiger partial charge in [0.15, 0.2) is 0 Å². The minimum Gasteiger partial charge on any atom is -0.329 e. The summed E-state index contributed by atoms with van der Waals surface area (Å²) in [6.07, 6.45) is -1.01. The molecule has 8 heteroatoms. The predicted molar refractivity (Wildman–Crippen MR) is 94.7 cm³/mol. The van der Waals surface area contributed by atoms with Crippen molar-refractivity contribution in [2.75, 3.05) is 6.54 Å². The largest absolute Gasteiger partial charge is 0.329 e. The highest BCUT2D eigenvalue weighted by atomic mass is 19.3. The summed E-state index contributed by atoms with van der Waals surface area (Å²) in [6.45, 7) is 4.20. The van der Waals surface area contributed by atoms with Gasteiger partial charge in [0.1, 0.15) is 5.69 Å². The molecule has 0 saturated carbocycles. The lowest BCUT2D eigenvalue weighted by Gasteiger charge is -2.24. The van der Waals surface area contributed by atoms with E-state index in [2.05, 4.69) is 15.1 Å². The van der Waals surface area contributed by atoms with E-state index >= 15 is 0 Å². The molecular weight excluding hydrogens is 352 g/mol. The van der Waals surface area contributed by atoms with Crippen molar-refractivity contribution in [3.05, 3.63) is 58.7 Å². The van der Waals surface area contributed by atoms with E-state index in [1.165, 1.54) is 6.07 Å². The van der Waals surface area contributed by atoms with E-state index in [0.29, 0.717) is 12.2 Å². The number of likely N-dealkylation sites (tertiary alicyclic amines) is 1. The Morgan fingerprint density at radius 3 is 2.63 bits per heavy atom. The first kappa shape index (κ1) is 17.5. The summed E-state index contributed by atoms with van der Waals surface area (Å²) in [6, 6.07) is 9.26. The molecule has 1 saturated heterocycles. The number of benzene rings is 1. The van der Waals surface area contributed by atoms with Crippen LogP contribution >= 0.6 is 0 Å². The van der Waals surface area contributed by atoms with Crippen LogP contribution in [0.2, 0.25) is 0 Å². The molecule has 3 aromatic rings. The average Bonchev–Trinajstić information content (AvgIpc) is 3.27. The van der Waals surface area contributed by atoms with Crippen LogP contribution in [0.1, 0.15) is 58.4 Å². The van der Waals surface area contributed by atoms with Gasteiger partial charge in [0.05, 0.1) is 6.04 Å². The van der Waals surface area contributed by atoms with Crippen LogP contribution < -0.4 is 0 Å². The van der Waals surface area contributed by atoms with Crippen LogP contribution in [0.3, 0.4) is 0 Å². The molecule has 0 spiro atoms. The van der Waals surface area contributed by atoms with Crippen LogP contribution in [0.4, 0.5) is 8.78 Å². The molecule has 1 aliphatic heterocycles. The fourth-order valence-corrected chi connectivity index (χ4v) is 3.53. The van der Waals surface area contributed by atoms with Gasteiger partial charge in [-0.1, -0.05) is 29.8 Å². The third-order valence-electron chi connectivity index (χ3n) is 4.86. The van der Waals surface area contributed by atoms with Gasteiger partial charge in [-0.3, -0.25) is 4.79 Å². The summed E-state index contributed by atoms with van der Waals surface area (Å²) in [5.41, 5.74) is 2.29. The lowest BCUT2D eigenvalue weighted by atomic mass is 10.0. The molecular formula is C19H19F2N5O. The van der Waals surface area contributed by atoms with Gasteiger partial charge < -0.3 is 4.90 Å². The summed E-state index contributed by atoms with van der Waals surface area (Å²) in [7, 11) is 0. The van der Waals surface area contributed by atoms with Crippen LogP contribution in [0.5, 0.6) is 0 Å². The number of aromatic nitrogens is 4. The van der Waals surface area contributed by atoms with Crippen LogP contribution in [-0.2, 0) is 0 Å². The van der Waals surface area contributed by atoms with E-state index in [1.807, 2.05) is 31.2 Å². The van der Waals surface area contributed by atoms with E-state index in [9.17, 15) is 13.6 Å². The van der Waals surface area contributed by atoms with Crippen molar-refractivity contribution < 1.29 is 13.6 Å². The topological polar surface area (TPSA) is 63.4 Å². The Kier molecular flexibility index (Phi) is 4.33. The first-order valence-electron chi connectivity index (χ1n) is 8.84. The Balaban J connectivity index is 1.69. The van der Waals surface area contributed by atoms with Gasteiger partial charge in [-0.25, -0.2) is 13.8 Å². The first-order chi connectivity index (χ1) is 12.9. The smallest absolute Gasteiger partial charge is 0.294 e. The van der Waals surface area contributed by atoms with Crippen LogP contribution in [-0.4, -0.2) is 36.9 Å². The van der Waals surface area contributed by atoms with Gasteiger partial charge in [-0.15, -0.1) is 5.10 Å². The maximum absolute atomic E-state index is 13.3. The van der Waals surface area contributed by atoms with E-state index in [-0.39, 0.29) is 29.2 Å². The van der Waals surface area contributed by atoms with Crippen LogP contribution in [0.25, 0.3) is 5.78 Å². The normalized spacial score (nSPS) is 17.2. The van der Waals surface area contributed by atoms with E-state index in [1.54, 1.807) is 11.8 Å². The molecule has 4 rings (SSSR count). The second-order valence-corrected chi connectivity index (χ2v) is 6.84. The maximum atomic E-state index is 13.3. The number of rotatable bonds is 3. The first-order valence-corrected chi connectivity index (χ1v) is 8.84. The molecule has 1 aliphatic rings. The summed E-state index contributed by atoms with van der Waals surface area (Å²) in [4.78, 5) is 23.0. The molecule has 0 aliphatic carbocycles. The quantitative estimate of drug-likeness (QED) is 0.705. The Morgan fingerprint density at radius 2 is 1.93 bits per heavy atom. The van der Waals surface area contributed by atoms with E-state index in [4.69, 9.17) is 0 Å². The van der Waals surface area contributed by atoms with Crippen LogP contribution in [0.15, 0.2) is 30.3 Å². The van der Waals surface area contributed by atoms with E-state index in [0.717, 1.165) is 28.5 Å². The second kappa shape index (κ2) is 6.68. The van der Waals surface area contributed by atoms with Gasteiger partial charge >= 0.3 is 0 Å². The monoisotopic (exact) mass is 371 g/mol. The molecule has 3 heterocycles. The molecule has 1 fully saturated rings. The number of hydrogen-bond acceptors (Lipinski definition) is 4. The average molecular weight is 371 g/mol. The van der Waals surface area contributed by atoms with Crippen molar-refractivity contribution in [1.82, 2.24) is 24.5 Å². The molecule has 1 unspecified atom stereocenters. The second-order valence-electron chi connectivity index (χ2n) is 6.84. The van der Waals surface area contributed by atoms with Gasteiger partial charge in [0.25, 0.3) is 18.1 Å². The molecule has 140 valence electrons. The number of carbonyl (C=O) groups excluding carboxylic acids is 1. The Hall–Kier alpha value is -2.90. The fraction of sp³-hybridized carbons (Fsp3) is 0.368. The summed E-state index contributed by atoms with van der Waals surface area (Å²) >= 11 is 0. The van der Waals surface area contributed by atoms with Crippen molar-refractivity contribution in [2.24, 2.45) is 0 Å². The van der Waals surface area contributed by atoms with Crippen molar-refractivity contribution in [1.29, 1.82) is 0 Å². The van der Waals surface area contributed by atoms with Crippen molar-refractivity contribution in [3.8, 4) is 0 Å². The molecule has 1 amide bonds. The highest BCUT2D eigenvalue weighted by molar-refractivity contribution is 5.91. The number of aryl methyl sites for hydroxylation is 2. The molecule has 27 heavy (non-hydrogen) atoms. The third kappa shape index (κ3) is 3.15. The third-order valence-corrected chi connectivity index (χ3v) is 4.86. The number of nitrogens with zero attached hydrogens (tertiary/aromatic N) is 5. The van der Waals surface area contributed by atoms with Crippen molar-refractivity contribution in [3.63, 3.8) is 0 Å². The molecule has 0 bridgehead atoms. The lowest BCUT2D eigenvalue weighted by molar-refractivity contribution is 0.0723. The zero-order valence-corrected chi connectivity index (χ0v) is 15.1. The van der Waals surface area contributed by atoms with Crippen molar-refractivity contribution >= 4 is 11.7 Å². The van der Waals surface area contributed by atoms with Crippen LogP contribution in [0, 0.1) is 13.8 Å². The predicted octanol–water partition coefficient (Wildman–Crippen LogP) is 3.66. The van der Waals surface area contributed by atoms with Gasteiger partial charge in [0.2, 0.25) is 5.82 Å². The summed E-state index contributed by atoms with van der Waals surface area (Å²) in [5.74, 6) is -0.449. The number of amides is 1. The zero-order valence-electron chi connectivity index (χ0n) is 15.1. The van der Waals surface area contributed by atoms with Crippen molar-refractivity contribution in [2.45, 2.75) is 39.2 Å². The summed E-state index contributed by atoms with van der Waals surface area (Å²) in [5, 5.41) is 4.03. The lowest BCUT2D eigenvalue weighted by Crippen LogP contribution is -2.31. The van der Waals surface area contributed by atoms with Gasteiger partial charge in [-0.2, -0.15) is 9.50 Å². The molecule has 1 aromatic carbocycles. The Bertz CT molecular complexity index is 999. The Labute approximate surface area is 154 Å². The number of fused-ring (bicyclic) bond motifs is 1. The van der Waals surface area contributed by atoms with Gasteiger partial charge in [-0.05, 0) is 38.3 Å². The summed E-state index contributed by atoms with van der Waals surface area (Å²) < 4.78 is 27.5. The molecule has 0 N–H and O–H groups in total. The zero-order chi connectivity index (χ0) is 19.1. The minimum absolute atomic E-state index is 0.0136.